The fourth-order valence-electron chi connectivity index (χ4n) is 4.30. The lowest BCUT2D eigenvalue weighted by atomic mass is 10.1. The maximum absolute atomic E-state index is 12.4. The molecule has 0 aliphatic rings. The molecule has 0 spiro atoms. The van der Waals surface area contributed by atoms with Gasteiger partial charge in [-0.05, 0) is 41.8 Å². The molecule has 0 aliphatic carbocycles. The zero-order valence-electron chi connectivity index (χ0n) is 22.3. The molecule has 0 saturated carbocycles. The summed E-state index contributed by atoms with van der Waals surface area (Å²) in [5.41, 5.74) is 5.16. The lowest BCUT2D eigenvalue weighted by molar-refractivity contribution is -0.120. The lowest BCUT2D eigenvalue weighted by Crippen LogP contribution is -2.18. The minimum absolute atomic E-state index is 0.0187. The zero-order chi connectivity index (χ0) is 31.4. The van der Waals surface area contributed by atoms with E-state index >= 15 is 0 Å². The van der Waals surface area contributed by atoms with Crippen molar-refractivity contribution in [3.05, 3.63) is 100 Å². The molecule has 222 valence electrons. The Hall–Kier alpha value is -6.00. The molecule has 1 aromatic heterocycles. The molecule has 0 radical (unpaired) electrons. The minimum Gasteiger partial charge on any atom is -0.505 e. The van der Waals surface area contributed by atoms with E-state index < -0.39 is 32.4 Å². The van der Waals surface area contributed by atoms with Crippen LogP contribution in [0.25, 0.3) is 10.8 Å². The van der Waals surface area contributed by atoms with E-state index in [1.807, 2.05) is 0 Å². The fourth-order valence-corrected chi connectivity index (χ4v) is 4.84. The number of hydrogen-bond acceptors (Lipinski definition) is 12. The van der Waals surface area contributed by atoms with E-state index in [2.05, 4.69) is 30.5 Å². The van der Waals surface area contributed by atoms with E-state index in [1.165, 1.54) is 24.3 Å². The zero-order valence-corrected chi connectivity index (χ0v) is 23.1. The summed E-state index contributed by atoms with van der Waals surface area (Å²) >= 11 is 0. The number of fused-ring (bicyclic) bond motifs is 1. The van der Waals surface area contributed by atoms with E-state index in [0.717, 1.165) is 12.1 Å². The number of H-pyrrole nitrogens is 1. The fraction of sp³-hybridized carbons (Fsp3) is 0.0357. The summed E-state index contributed by atoms with van der Waals surface area (Å²) in [5, 5.41) is 22.2. The Morgan fingerprint density at radius 3 is 2.50 bits per heavy atom. The molecule has 1 heterocycles. The van der Waals surface area contributed by atoms with Gasteiger partial charge in [0.25, 0.3) is 22.5 Å². The highest BCUT2D eigenvalue weighted by atomic mass is 32.2. The van der Waals surface area contributed by atoms with Gasteiger partial charge in [-0.2, -0.15) is 18.4 Å². The van der Waals surface area contributed by atoms with Gasteiger partial charge in [0.1, 0.15) is 17.3 Å². The van der Waals surface area contributed by atoms with Gasteiger partial charge in [-0.15, -0.1) is 10.2 Å². The SMILES string of the molecule is NC(=O)c1ccccc1N=Nc1ccc2cc(S(=O)(=O)O)cc(Nc3nc(Cc4ccccc4OC=O)[nH]c(=O)n3)c2c1O. The van der Waals surface area contributed by atoms with Gasteiger partial charge in [-0.25, -0.2) is 4.79 Å². The van der Waals surface area contributed by atoms with Crippen molar-refractivity contribution in [2.75, 3.05) is 5.32 Å². The Kier molecular flexibility index (Phi) is 8.10. The molecule has 0 saturated heterocycles. The number of aromatic nitrogens is 3. The average molecular weight is 616 g/mol. The van der Waals surface area contributed by atoms with Crippen molar-refractivity contribution < 1.29 is 32.4 Å². The van der Waals surface area contributed by atoms with Crippen LogP contribution in [0, 0.1) is 0 Å². The first kappa shape index (κ1) is 29.5. The van der Waals surface area contributed by atoms with E-state index in [0.29, 0.717) is 5.56 Å². The second kappa shape index (κ2) is 12.1. The third-order valence-corrected chi connectivity index (χ3v) is 7.06. The molecule has 0 unspecified atom stereocenters. The molecule has 44 heavy (non-hydrogen) atoms. The van der Waals surface area contributed by atoms with Gasteiger partial charge < -0.3 is 20.9 Å². The summed E-state index contributed by atoms with van der Waals surface area (Å²) in [5.74, 6) is -1.13. The van der Waals surface area contributed by atoms with Crippen molar-refractivity contribution in [1.82, 2.24) is 15.0 Å². The predicted octanol–water partition coefficient (Wildman–Crippen LogP) is 3.65. The number of rotatable bonds is 10. The van der Waals surface area contributed by atoms with Crippen LogP contribution in [-0.4, -0.2) is 45.4 Å². The molecule has 5 rings (SSSR count). The lowest BCUT2D eigenvalue weighted by Gasteiger charge is -2.13. The quantitative estimate of drug-likeness (QED) is 0.0862. The van der Waals surface area contributed by atoms with Crippen LogP contribution in [0.15, 0.2) is 92.7 Å². The number of nitrogens with zero attached hydrogens (tertiary/aromatic N) is 4. The number of amides is 1. The third-order valence-electron chi connectivity index (χ3n) is 6.23. The van der Waals surface area contributed by atoms with Crippen LogP contribution in [-0.2, 0) is 21.3 Å². The third kappa shape index (κ3) is 6.40. The van der Waals surface area contributed by atoms with Crippen LogP contribution in [0.1, 0.15) is 21.7 Å². The number of nitrogens with one attached hydrogen (secondary N) is 2. The number of ether oxygens (including phenoxy) is 1. The number of anilines is 2. The average Bonchev–Trinajstić information content (AvgIpc) is 2.97. The van der Waals surface area contributed by atoms with Gasteiger partial charge in [0.05, 0.1) is 21.8 Å². The molecule has 5 aromatic rings. The normalized spacial score (nSPS) is 11.5. The van der Waals surface area contributed by atoms with Gasteiger partial charge in [-0.3, -0.25) is 19.1 Å². The number of carbonyl (C=O) groups is 2. The number of aromatic hydroxyl groups is 1. The van der Waals surface area contributed by atoms with Crippen molar-refractivity contribution in [3.8, 4) is 11.5 Å². The number of benzene rings is 4. The highest BCUT2D eigenvalue weighted by Crippen LogP contribution is 2.41. The first-order valence-electron chi connectivity index (χ1n) is 12.5. The Bertz CT molecular complexity index is 2130. The van der Waals surface area contributed by atoms with E-state index in [9.17, 15) is 32.5 Å². The summed E-state index contributed by atoms with van der Waals surface area (Å²) in [6, 6.07) is 17.6. The van der Waals surface area contributed by atoms with Crippen LogP contribution >= 0.6 is 0 Å². The molecule has 6 N–H and O–H groups in total. The maximum Gasteiger partial charge on any atom is 0.349 e. The Morgan fingerprint density at radius 1 is 1.02 bits per heavy atom. The molecule has 0 atom stereocenters. The monoisotopic (exact) mass is 615 g/mol. The Morgan fingerprint density at radius 2 is 1.75 bits per heavy atom. The molecule has 0 bridgehead atoms. The number of phenolic OH excluding ortho intramolecular Hbond substituents is 1. The van der Waals surface area contributed by atoms with Gasteiger partial charge in [0.2, 0.25) is 5.95 Å². The second-order valence-corrected chi connectivity index (χ2v) is 10.5. The molecule has 0 aliphatic heterocycles. The minimum atomic E-state index is -4.72. The van der Waals surface area contributed by atoms with Gasteiger partial charge in [0.15, 0.2) is 5.75 Å². The van der Waals surface area contributed by atoms with Gasteiger partial charge in [0, 0.05) is 17.4 Å². The first-order chi connectivity index (χ1) is 21.0. The highest BCUT2D eigenvalue weighted by molar-refractivity contribution is 7.85. The van der Waals surface area contributed by atoms with Crippen LogP contribution in [0.2, 0.25) is 0 Å². The standard InChI is InChI=1S/C28H21N7O8S/c29-26(38)18-6-2-3-7-19(18)34-35-20-10-9-16-11-17(44(40,41)42)13-21(24(16)25(20)37)30-27-31-23(32-28(39)33-27)12-15-5-1-4-8-22(15)43-14-36/h1-11,13-14,37H,12H2,(H2,29,38)(H,40,41,42)(H2,30,31,32,33,39). The Labute approximate surface area is 247 Å². The summed E-state index contributed by atoms with van der Waals surface area (Å²) in [4.78, 5) is 45.1. The summed E-state index contributed by atoms with van der Waals surface area (Å²) in [6.45, 7) is 0.263. The number of hydrogen-bond donors (Lipinski definition) is 5. The number of carbonyl (C=O) groups excluding carboxylic acids is 2. The van der Waals surface area contributed by atoms with Crippen molar-refractivity contribution in [2.45, 2.75) is 11.3 Å². The number of aromatic amines is 1. The van der Waals surface area contributed by atoms with E-state index in [1.54, 1.807) is 36.4 Å². The van der Waals surface area contributed by atoms with Crippen LogP contribution < -0.4 is 21.5 Å². The van der Waals surface area contributed by atoms with Crippen molar-refractivity contribution in [2.24, 2.45) is 16.0 Å². The summed E-state index contributed by atoms with van der Waals surface area (Å²) in [6.07, 6.45) is 0.0187. The topological polar surface area (TPSA) is 239 Å². The maximum atomic E-state index is 12.4. The van der Waals surface area contributed by atoms with Gasteiger partial charge >= 0.3 is 5.69 Å². The largest absolute Gasteiger partial charge is 0.505 e. The van der Waals surface area contributed by atoms with Crippen molar-refractivity contribution in [1.29, 1.82) is 0 Å². The van der Waals surface area contributed by atoms with Crippen LogP contribution in [0.4, 0.5) is 23.0 Å². The number of primary amides is 1. The molecule has 4 aromatic carbocycles. The summed E-state index contributed by atoms with van der Waals surface area (Å²) in [7, 11) is -4.72. The Balaban J connectivity index is 1.59. The van der Waals surface area contributed by atoms with Crippen LogP contribution in [0.3, 0.4) is 0 Å². The molecule has 15 nitrogen and oxygen atoms in total. The molecular weight excluding hydrogens is 594 g/mol. The predicted molar refractivity (Wildman–Crippen MR) is 156 cm³/mol. The second-order valence-electron chi connectivity index (χ2n) is 9.11. The highest BCUT2D eigenvalue weighted by Gasteiger charge is 2.19. The number of phenols is 1. The summed E-state index contributed by atoms with van der Waals surface area (Å²) < 4.78 is 38.8. The molecule has 1 amide bonds. The number of azo groups is 1. The number of para-hydroxylation sites is 1. The van der Waals surface area contributed by atoms with E-state index in [-0.39, 0.29) is 63.8 Å². The smallest absolute Gasteiger partial charge is 0.349 e. The molecule has 16 heteroatoms. The van der Waals surface area contributed by atoms with Crippen LogP contribution in [0.5, 0.6) is 11.5 Å². The van der Waals surface area contributed by atoms with Gasteiger partial charge in [-0.1, -0.05) is 36.4 Å². The molecule has 0 fully saturated rings. The van der Waals surface area contributed by atoms with Crippen molar-refractivity contribution in [3.63, 3.8) is 0 Å². The number of nitrogens with two attached hydrogens (primary N) is 1. The van der Waals surface area contributed by atoms with Crippen molar-refractivity contribution >= 4 is 56.3 Å². The first-order valence-corrected chi connectivity index (χ1v) is 14.0. The molecular formula is C28H21N7O8S. The van der Waals surface area contributed by atoms with E-state index in [4.69, 9.17) is 10.5 Å².